The number of hydrogen-bond acceptors (Lipinski definition) is 14. The highest BCUT2D eigenvalue weighted by molar-refractivity contribution is 7.47. The van der Waals surface area contributed by atoms with Gasteiger partial charge in [0.1, 0.15) is 25.4 Å². The maximum absolute atomic E-state index is 13.1. The summed E-state index contributed by atoms with van der Waals surface area (Å²) in [7, 11) is -9.83. The molecule has 0 saturated carbocycles. The van der Waals surface area contributed by atoms with E-state index in [-0.39, 0.29) is 19.3 Å². The molecular formula is C107H176O16P2. The number of aliphatic hydroxyl groups is 2. The van der Waals surface area contributed by atoms with Crippen molar-refractivity contribution in [3.63, 3.8) is 0 Å². The number of hydrogen-bond donors (Lipinski definition) is 4. The van der Waals surface area contributed by atoms with Crippen LogP contribution >= 0.6 is 15.6 Å². The number of aliphatic hydroxyl groups excluding tert-OH is 2. The third-order valence-corrected chi connectivity index (χ3v) is 22.1. The minimum Gasteiger partial charge on any atom is -0.463 e. The van der Waals surface area contributed by atoms with Crippen molar-refractivity contribution in [2.24, 2.45) is 0 Å². The zero-order valence-corrected chi connectivity index (χ0v) is 80.2. The lowest BCUT2D eigenvalue weighted by Gasteiger charge is -2.21. The normalized spacial score (nSPS) is 14.6. The topological polar surface area (TPSA) is 231 Å². The van der Waals surface area contributed by atoms with Crippen LogP contribution in [0.15, 0.2) is 219 Å². The fourth-order valence-corrected chi connectivity index (χ4v) is 14.5. The summed E-state index contributed by atoms with van der Waals surface area (Å²) in [6.45, 7) is 2.36. The van der Waals surface area contributed by atoms with Gasteiger partial charge in [0.05, 0.1) is 26.4 Å². The number of carbonyl (C=O) groups excluding carboxylic acids is 3. The molecule has 0 amide bonds. The molecule has 0 aromatic rings. The molecule has 0 heterocycles. The molecule has 16 nitrogen and oxygen atoms in total. The van der Waals surface area contributed by atoms with Crippen molar-refractivity contribution < 1.29 is 75.8 Å². The molecule has 0 aromatic heterocycles. The van der Waals surface area contributed by atoms with Crippen LogP contribution in [0.2, 0.25) is 0 Å². The van der Waals surface area contributed by atoms with Crippen LogP contribution < -0.4 is 0 Å². The number of phosphoric ester groups is 2. The molecule has 5 unspecified atom stereocenters. The Morgan fingerprint density at radius 2 is 0.400 bits per heavy atom. The van der Waals surface area contributed by atoms with E-state index in [1.165, 1.54) is 96.3 Å². The maximum atomic E-state index is 13.1. The molecule has 0 fully saturated rings. The molecule has 0 aliphatic rings. The van der Waals surface area contributed by atoms with E-state index in [4.69, 9.17) is 32.3 Å². The van der Waals surface area contributed by atoms with Crippen LogP contribution in [0.3, 0.4) is 0 Å². The third-order valence-electron chi connectivity index (χ3n) is 20.2. The second kappa shape index (κ2) is 96.9. The lowest BCUT2D eigenvalue weighted by molar-refractivity contribution is -0.161. The van der Waals surface area contributed by atoms with Crippen LogP contribution in [-0.2, 0) is 55.8 Å². The number of phosphoric acid groups is 2. The molecule has 0 rings (SSSR count). The Kier molecular flexibility index (Phi) is 92.2. The molecule has 0 aliphatic heterocycles. The zero-order valence-electron chi connectivity index (χ0n) is 78.4. The highest BCUT2D eigenvalue weighted by atomic mass is 31.2. The first-order chi connectivity index (χ1) is 61.2. The Hall–Kier alpha value is -6.13. The van der Waals surface area contributed by atoms with Crippen LogP contribution in [0.4, 0.5) is 0 Å². The minimum atomic E-state index is -4.96. The van der Waals surface area contributed by atoms with Crippen molar-refractivity contribution in [3.8, 4) is 0 Å². The van der Waals surface area contributed by atoms with E-state index >= 15 is 0 Å². The molecular weight excluding hydrogens is 1600 g/mol. The average molecular weight is 1780 g/mol. The molecule has 0 aliphatic carbocycles. The van der Waals surface area contributed by atoms with Gasteiger partial charge in [-0.15, -0.1) is 0 Å². The fraction of sp³-hybridized carbons (Fsp3) is 0.636. The second-order valence-corrected chi connectivity index (χ2v) is 35.0. The van der Waals surface area contributed by atoms with Gasteiger partial charge in [-0.2, -0.15) is 0 Å². The predicted octanol–water partition coefficient (Wildman–Crippen LogP) is 30.9. The average Bonchev–Trinajstić information content (AvgIpc) is 0.902. The summed E-state index contributed by atoms with van der Waals surface area (Å²) >= 11 is 0. The van der Waals surface area contributed by atoms with E-state index in [2.05, 4.69) is 240 Å². The summed E-state index contributed by atoms with van der Waals surface area (Å²) < 4.78 is 61.6. The number of unbranched alkanes of at least 4 members (excludes halogenated alkanes) is 32. The van der Waals surface area contributed by atoms with Crippen molar-refractivity contribution in [3.05, 3.63) is 219 Å². The van der Waals surface area contributed by atoms with Gasteiger partial charge < -0.3 is 34.2 Å². The molecule has 5 atom stereocenters. The first-order valence-corrected chi connectivity index (χ1v) is 52.0. The first kappa shape index (κ1) is 119. The number of ether oxygens (including phenoxy) is 3. The summed E-state index contributed by atoms with van der Waals surface area (Å²) in [6.07, 6.45) is 133. The summed E-state index contributed by atoms with van der Waals surface area (Å²) in [5.74, 6) is -1.59. The second-order valence-electron chi connectivity index (χ2n) is 32.1. The highest BCUT2D eigenvalue weighted by Crippen LogP contribution is 2.45. The smallest absolute Gasteiger partial charge is 0.463 e. The van der Waals surface area contributed by atoms with Crippen LogP contribution in [0.1, 0.15) is 380 Å². The minimum absolute atomic E-state index is 0.0857. The van der Waals surface area contributed by atoms with E-state index in [1.54, 1.807) is 0 Å². The van der Waals surface area contributed by atoms with Crippen LogP contribution in [0.25, 0.3) is 0 Å². The van der Waals surface area contributed by atoms with Gasteiger partial charge in [0, 0.05) is 19.3 Å². The Morgan fingerprint density at radius 1 is 0.224 bits per heavy atom. The standard InChI is InChI=1S/C107H176O16P2/c1-4-7-10-13-16-19-22-25-28-31-34-37-40-43-46-48-49-50-51-53-56-57-60-63-66-69-72-75-78-81-84-87-90-93-105(110)117-96-102(108)97-119-124(113,114)120-98-103(109)99-121-125(115,116)122-101-104(123-107(112)95-92-89-86-83-80-77-74-71-68-65-62-59-54-45-42-39-36-33-30-27-24-21-18-15-12-9-6-3)100-118-106(111)94-91-88-85-82-79-76-73-70-67-64-61-58-55-52-47-44-41-38-35-32-29-26-23-20-17-14-11-8-5-2/h7-12,16-21,25-30,34-39,43-47,49-50,54-55,58,62,65,102-104,108-109H,4-6,13-15,22-24,31-33,40-42,48,51-53,56-57,59-61,63-64,66-101H2,1-3H3,(H,113,114)(H,115,116)/b10-7-,11-8-,12-9-,19-16-,20-17-,21-18-,28-25-,29-26-,30-27-,37-34-,38-35-,39-36-,46-43-,47-44-,50-49-,54-45-,58-55-,65-62-. The monoisotopic (exact) mass is 1780 g/mol. The van der Waals surface area contributed by atoms with E-state index in [0.29, 0.717) is 19.3 Å². The zero-order chi connectivity index (χ0) is 90.7. The van der Waals surface area contributed by atoms with Gasteiger partial charge >= 0.3 is 33.6 Å². The summed E-state index contributed by atoms with van der Waals surface area (Å²) in [6, 6.07) is 0. The maximum Gasteiger partial charge on any atom is 0.472 e. The van der Waals surface area contributed by atoms with Gasteiger partial charge in [0.25, 0.3) is 0 Å². The van der Waals surface area contributed by atoms with E-state index in [9.17, 15) is 43.5 Å². The number of esters is 3. The molecule has 18 heteroatoms. The van der Waals surface area contributed by atoms with E-state index in [0.717, 1.165) is 225 Å². The SMILES string of the molecule is CC/C=C\C/C=C\C/C=C\C/C=C\C/C=C\C/C=C\CCCCCCCCCCCCCCCCC(=O)OCC(O)COP(=O)(O)OCC(O)COP(=O)(O)OCC(COC(=O)CCCCCCCCCCCC/C=C\C/C=C\C/C=C\C/C=C\C/C=C\C/C=C\CC)OC(=O)CCCCCCCCCC/C=C\C/C=C\C/C=C\C/C=C\C/C=C\C/C=C\CC. The lowest BCUT2D eigenvalue weighted by atomic mass is 10.0. The molecule has 0 aromatic carbocycles. The molecule has 0 bridgehead atoms. The van der Waals surface area contributed by atoms with Gasteiger partial charge in [-0.05, 0) is 173 Å². The van der Waals surface area contributed by atoms with E-state index in [1.807, 2.05) is 0 Å². The van der Waals surface area contributed by atoms with Crippen molar-refractivity contribution >= 4 is 33.6 Å². The molecule has 0 spiro atoms. The van der Waals surface area contributed by atoms with Crippen molar-refractivity contribution in [1.29, 1.82) is 0 Å². The van der Waals surface area contributed by atoms with Gasteiger partial charge in [0.15, 0.2) is 6.10 Å². The summed E-state index contributed by atoms with van der Waals surface area (Å²) in [4.78, 5) is 59.2. The highest BCUT2D eigenvalue weighted by Gasteiger charge is 2.30. The Morgan fingerprint density at radius 3 is 0.632 bits per heavy atom. The molecule has 0 saturated heterocycles. The summed E-state index contributed by atoms with van der Waals surface area (Å²) in [5, 5.41) is 20.8. The quantitative estimate of drug-likeness (QED) is 0.0146. The number of allylic oxidation sites excluding steroid dienone is 36. The number of carbonyl (C=O) groups is 3. The lowest BCUT2D eigenvalue weighted by Crippen LogP contribution is -2.30. The van der Waals surface area contributed by atoms with E-state index < -0.39 is 91.5 Å². The van der Waals surface area contributed by atoms with Crippen LogP contribution in [0, 0.1) is 0 Å². The van der Waals surface area contributed by atoms with Crippen molar-refractivity contribution in [2.75, 3.05) is 39.6 Å². The predicted molar refractivity (Wildman–Crippen MR) is 527 cm³/mol. The van der Waals surface area contributed by atoms with Gasteiger partial charge in [-0.1, -0.05) is 406 Å². The van der Waals surface area contributed by atoms with Gasteiger partial charge in [0.2, 0.25) is 0 Å². The molecule has 710 valence electrons. The summed E-state index contributed by atoms with van der Waals surface area (Å²) in [5.41, 5.74) is 0. The third kappa shape index (κ3) is 98.3. The number of rotatable bonds is 91. The first-order valence-electron chi connectivity index (χ1n) is 49.0. The molecule has 0 radical (unpaired) electrons. The fourth-order valence-electron chi connectivity index (χ4n) is 12.9. The molecule has 125 heavy (non-hydrogen) atoms. The van der Waals surface area contributed by atoms with Gasteiger partial charge in [-0.25, -0.2) is 9.13 Å². The van der Waals surface area contributed by atoms with Gasteiger partial charge in [-0.3, -0.25) is 32.5 Å². The van der Waals surface area contributed by atoms with Crippen LogP contribution in [0.5, 0.6) is 0 Å². The molecule has 4 N–H and O–H groups in total. The van der Waals surface area contributed by atoms with Crippen molar-refractivity contribution in [1.82, 2.24) is 0 Å². The largest absolute Gasteiger partial charge is 0.472 e. The Bertz CT molecular complexity index is 3150. The van der Waals surface area contributed by atoms with Crippen LogP contribution in [-0.4, -0.2) is 95.9 Å². The Labute approximate surface area is 762 Å². The van der Waals surface area contributed by atoms with Crippen molar-refractivity contribution in [2.45, 2.75) is 399 Å². The Balaban J connectivity index is 4.66.